The Hall–Kier alpha value is -1.14. The highest BCUT2D eigenvalue weighted by atomic mass is 32.1. The van der Waals surface area contributed by atoms with Gasteiger partial charge in [0.05, 0.1) is 7.11 Å². The molecule has 0 aromatic carbocycles. The Morgan fingerprint density at radius 2 is 2.50 bits per heavy atom. The zero-order valence-corrected chi connectivity index (χ0v) is 8.56. The Morgan fingerprint density at radius 3 is 3.14 bits per heavy atom. The topological polar surface area (TPSA) is 63.2 Å². The van der Waals surface area contributed by atoms with Crippen LogP contribution in [0.5, 0.6) is 0 Å². The molecule has 1 aromatic rings. The second-order valence-corrected chi connectivity index (χ2v) is 3.95. The molecule has 0 spiro atoms. The van der Waals surface area contributed by atoms with E-state index in [-0.39, 0.29) is 5.91 Å². The second-order valence-electron chi connectivity index (χ2n) is 3.09. The molecule has 0 saturated heterocycles. The van der Waals surface area contributed by atoms with E-state index in [2.05, 4.69) is 20.6 Å². The maximum atomic E-state index is 11.2. The number of anilines is 1. The van der Waals surface area contributed by atoms with Crippen molar-refractivity contribution in [2.45, 2.75) is 18.9 Å². The second kappa shape index (κ2) is 3.93. The van der Waals surface area contributed by atoms with Gasteiger partial charge in [0, 0.05) is 11.4 Å². The molecule has 1 amide bonds. The monoisotopic (exact) mass is 213 g/mol. The third-order valence-electron chi connectivity index (χ3n) is 1.84. The fourth-order valence-electron chi connectivity index (χ4n) is 0.992. The maximum Gasteiger partial charge on any atom is 0.294 e. The number of carbonyl (C=O) groups excluding carboxylic acids is 1. The third kappa shape index (κ3) is 2.21. The van der Waals surface area contributed by atoms with Crippen molar-refractivity contribution >= 4 is 22.4 Å². The number of nitrogens with zero attached hydrogens (tertiary/aromatic N) is 1. The van der Waals surface area contributed by atoms with E-state index in [0.29, 0.717) is 11.7 Å². The van der Waals surface area contributed by atoms with Crippen LogP contribution in [0.3, 0.4) is 0 Å². The molecule has 1 aromatic heterocycles. The number of rotatable bonds is 4. The summed E-state index contributed by atoms with van der Waals surface area (Å²) in [5, 5.41) is 5.73. The number of carbonyl (C=O) groups is 1. The van der Waals surface area contributed by atoms with Crippen LogP contribution in [0.25, 0.3) is 0 Å². The minimum Gasteiger partial charge on any atom is -0.359 e. The average Bonchev–Trinajstić information content (AvgIpc) is 2.82. The summed E-state index contributed by atoms with van der Waals surface area (Å²) in [6.45, 7) is 0. The van der Waals surface area contributed by atoms with Crippen molar-refractivity contribution in [1.29, 1.82) is 0 Å². The molecule has 2 N–H and O–H groups in total. The van der Waals surface area contributed by atoms with Crippen molar-refractivity contribution < 1.29 is 9.63 Å². The summed E-state index contributed by atoms with van der Waals surface area (Å²) in [6.07, 6.45) is 2.39. The molecular weight excluding hydrogens is 202 g/mol. The molecule has 1 fully saturated rings. The number of thiazole rings is 1. The van der Waals surface area contributed by atoms with E-state index in [1.54, 1.807) is 5.38 Å². The smallest absolute Gasteiger partial charge is 0.294 e. The maximum absolute atomic E-state index is 11.2. The number of nitrogens with one attached hydrogen (secondary N) is 2. The summed E-state index contributed by atoms with van der Waals surface area (Å²) in [7, 11) is 1.40. The highest BCUT2D eigenvalue weighted by molar-refractivity contribution is 7.13. The van der Waals surface area contributed by atoms with Crippen LogP contribution in [-0.4, -0.2) is 24.0 Å². The van der Waals surface area contributed by atoms with Gasteiger partial charge in [-0.2, -0.15) is 0 Å². The molecule has 2 rings (SSSR count). The van der Waals surface area contributed by atoms with E-state index < -0.39 is 0 Å². The van der Waals surface area contributed by atoms with Crippen molar-refractivity contribution in [3.8, 4) is 0 Å². The molecule has 1 saturated carbocycles. The first-order valence-corrected chi connectivity index (χ1v) is 5.23. The van der Waals surface area contributed by atoms with Crippen LogP contribution >= 0.6 is 11.3 Å². The lowest BCUT2D eigenvalue weighted by Gasteiger charge is -1.98. The highest BCUT2D eigenvalue weighted by Gasteiger charge is 2.22. The van der Waals surface area contributed by atoms with E-state index in [0.717, 1.165) is 5.13 Å². The van der Waals surface area contributed by atoms with Crippen LogP contribution in [0.15, 0.2) is 5.38 Å². The minimum atomic E-state index is -0.312. The summed E-state index contributed by atoms with van der Waals surface area (Å²) in [5.74, 6) is -0.312. The summed E-state index contributed by atoms with van der Waals surface area (Å²) in [4.78, 5) is 19.9. The summed E-state index contributed by atoms with van der Waals surface area (Å²) >= 11 is 1.43. The molecule has 6 heteroatoms. The summed E-state index contributed by atoms with van der Waals surface area (Å²) in [6, 6.07) is 0.555. The van der Waals surface area contributed by atoms with Crippen LogP contribution in [-0.2, 0) is 4.84 Å². The van der Waals surface area contributed by atoms with Gasteiger partial charge in [-0.3, -0.25) is 9.63 Å². The zero-order chi connectivity index (χ0) is 9.97. The quantitative estimate of drug-likeness (QED) is 0.733. The Balaban J connectivity index is 1.97. The number of hydroxylamine groups is 1. The minimum absolute atomic E-state index is 0.312. The molecule has 1 heterocycles. The molecular formula is C8H11N3O2S. The number of hydrogen-bond donors (Lipinski definition) is 2. The van der Waals surface area contributed by atoms with Crippen LogP contribution in [0.1, 0.15) is 23.3 Å². The van der Waals surface area contributed by atoms with Gasteiger partial charge in [-0.1, -0.05) is 0 Å². The van der Waals surface area contributed by atoms with Crippen molar-refractivity contribution in [2.75, 3.05) is 12.4 Å². The molecule has 0 unspecified atom stereocenters. The fourth-order valence-corrected chi connectivity index (χ4v) is 1.76. The lowest BCUT2D eigenvalue weighted by atomic mass is 10.5. The lowest BCUT2D eigenvalue weighted by molar-refractivity contribution is 0.0533. The molecule has 0 atom stereocenters. The normalized spacial score (nSPS) is 15.2. The SMILES string of the molecule is CONC(=O)c1csc(NC2CC2)n1. The molecule has 0 aliphatic heterocycles. The first-order valence-electron chi connectivity index (χ1n) is 4.35. The number of hydrogen-bond acceptors (Lipinski definition) is 5. The van der Waals surface area contributed by atoms with Gasteiger partial charge < -0.3 is 5.32 Å². The van der Waals surface area contributed by atoms with E-state index in [1.165, 1.54) is 31.3 Å². The van der Waals surface area contributed by atoms with E-state index >= 15 is 0 Å². The van der Waals surface area contributed by atoms with Crippen LogP contribution in [0, 0.1) is 0 Å². The van der Waals surface area contributed by atoms with Gasteiger partial charge in [0.2, 0.25) is 0 Å². The molecule has 1 aliphatic carbocycles. The fraction of sp³-hybridized carbons (Fsp3) is 0.500. The van der Waals surface area contributed by atoms with Gasteiger partial charge in [-0.25, -0.2) is 10.5 Å². The largest absolute Gasteiger partial charge is 0.359 e. The van der Waals surface area contributed by atoms with Gasteiger partial charge in [0.15, 0.2) is 5.13 Å². The van der Waals surface area contributed by atoms with E-state index in [9.17, 15) is 4.79 Å². The number of aromatic nitrogens is 1. The third-order valence-corrected chi connectivity index (χ3v) is 2.61. The molecule has 0 radical (unpaired) electrons. The molecule has 0 bridgehead atoms. The molecule has 76 valence electrons. The molecule has 5 nitrogen and oxygen atoms in total. The summed E-state index contributed by atoms with van der Waals surface area (Å²) < 4.78 is 0. The van der Waals surface area contributed by atoms with Crippen molar-refractivity contribution in [2.24, 2.45) is 0 Å². The Kier molecular flexibility index (Phi) is 2.64. The van der Waals surface area contributed by atoms with Crippen LogP contribution in [0.4, 0.5) is 5.13 Å². The van der Waals surface area contributed by atoms with Crippen molar-refractivity contribution in [3.05, 3.63) is 11.1 Å². The molecule has 1 aliphatic rings. The van der Waals surface area contributed by atoms with Gasteiger partial charge in [-0.15, -0.1) is 11.3 Å². The Morgan fingerprint density at radius 1 is 1.71 bits per heavy atom. The first-order chi connectivity index (χ1) is 6.79. The van der Waals surface area contributed by atoms with Crippen molar-refractivity contribution in [1.82, 2.24) is 10.5 Å². The first kappa shape index (κ1) is 9.42. The summed E-state index contributed by atoms with van der Waals surface area (Å²) in [5.41, 5.74) is 2.61. The van der Waals surface area contributed by atoms with Crippen LogP contribution < -0.4 is 10.8 Å². The van der Waals surface area contributed by atoms with Gasteiger partial charge >= 0.3 is 0 Å². The predicted molar refractivity (Wildman–Crippen MR) is 53.2 cm³/mol. The van der Waals surface area contributed by atoms with E-state index in [1.807, 2.05) is 0 Å². The van der Waals surface area contributed by atoms with Crippen LogP contribution in [0.2, 0.25) is 0 Å². The van der Waals surface area contributed by atoms with E-state index in [4.69, 9.17) is 0 Å². The standard InChI is InChI=1S/C8H11N3O2S/c1-13-11-7(12)6-4-14-8(10-6)9-5-2-3-5/h4-5H,2-3H2,1H3,(H,9,10)(H,11,12). The Bertz CT molecular complexity index is 335. The van der Waals surface area contributed by atoms with Gasteiger partial charge in [-0.05, 0) is 12.8 Å². The number of amides is 1. The van der Waals surface area contributed by atoms with Crippen molar-refractivity contribution in [3.63, 3.8) is 0 Å². The Labute approximate surface area is 85.4 Å². The molecule has 14 heavy (non-hydrogen) atoms. The predicted octanol–water partition coefficient (Wildman–Crippen LogP) is 1.01. The zero-order valence-electron chi connectivity index (χ0n) is 7.74. The highest BCUT2D eigenvalue weighted by Crippen LogP contribution is 2.26. The van der Waals surface area contributed by atoms with Gasteiger partial charge in [0.25, 0.3) is 5.91 Å². The average molecular weight is 213 g/mol. The van der Waals surface area contributed by atoms with Gasteiger partial charge in [0.1, 0.15) is 5.69 Å². The lowest BCUT2D eigenvalue weighted by Crippen LogP contribution is -2.22.